The first-order valence-electron chi connectivity index (χ1n) is 6.53. The average Bonchev–Trinajstić information content (AvgIpc) is 2.53. The molecule has 0 spiro atoms. The second kappa shape index (κ2) is 8.20. The number of rotatable bonds is 6. The number of hydrogen-bond acceptors (Lipinski definition) is 5. The predicted molar refractivity (Wildman–Crippen MR) is 103 cm³/mol. The number of nitrogens with one attached hydrogen (secondary N) is 2. The van der Waals surface area contributed by atoms with Gasteiger partial charge in [-0.15, -0.1) is 4.83 Å². The molecule has 25 heavy (non-hydrogen) atoms. The van der Waals surface area contributed by atoms with Gasteiger partial charge in [-0.25, -0.2) is 8.42 Å². The molecule has 0 amide bonds. The van der Waals surface area contributed by atoms with Crippen molar-refractivity contribution >= 4 is 66.4 Å². The third-order valence-corrected chi connectivity index (χ3v) is 6.07. The van der Waals surface area contributed by atoms with Crippen molar-refractivity contribution in [2.24, 2.45) is 0 Å². The molecule has 2 aromatic rings. The van der Waals surface area contributed by atoms with Crippen LogP contribution in [0.4, 0.5) is 5.69 Å². The highest BCUT2D eigenvalue weighted by Crippen LogP contribution is 2.36. The van der Waals surface area contributed by atoms with Crippen LogP contribution in [0.2, 0.25) is 15.1 Å². The first kappa shape index (κ1) is 20.4. The second-order valence-electron chi connectivity index (χ2n) is 4.61. The number of hydrazine groups is 1. The zero-order chi connectivity index (χ0) is 18.8. The van der Waals surface area contributed by atoms with E-state index in [1.807, 2.05) is 0 Å². The maximum Gasteiger partial charge on any atom is 0.258 e. The van der Waals surface area contributed by atoms with Crippen LogP contribution in [0, 0.1) is 0 Å². The molecule has 2 aromatic carbocycles. The first-order valence-corrected chi connectivity index (χ1v) is 9.94. The zero-order valence-corrected chi connectivity index (χ0v) is 17.5. The van der Waals surface area contributed by atoms with Crippen LogP contribution in [0.5, 0.6) is 11.5 Å². The van der Waals surface area contributed by atoms with Gasteiger partial charge in [0.15, 0.2) is 11.5 Å². The van der Waals surface area contributed by atoms with Gasteiger partial charge in [0.1, 0.15) is 4.90 Å². The van der Waals surface area contributed by atoms with E-state index in [-0.39, 0.29) is 30.9 Å². The Morgan fingerprint density at radius 3 is 2.00 bits per heavy atom. The highest BCUT2D eigenvalue weighted by Gasteiger charge is 2.22. The first-order chi connectivity index (χ1) is 11.7. The molecular formula is C14H12BrCl3N2O4S. The fourth-order valence-corrected chi connectivity index (χ4v) is 4.67. The summed E-state index contributed by atoms with van der Waals surface area (Å²) < 4.78 is 35.7. The number of methoxy groups -OCH3 is 2. The monoisotopic (exact) mass is 488 g/mol. The third kappa shape index (κ3) is 4.64. The molecule has 0 unspecified atom stereocenters. The minimum Gasteiger partial charge on any atom is -0.493 e. The van der Waals surface area contributed by atoms with Gasteiger partial charge in [-0.2, -0.15) is 0 Å². The maximum atomic E-state index is 12.6. The summed E-state index contributed by atoms with van der Waals surface area (Å²) in [5, 5.41) is 0.643. The molecule has 0 aromatic heterocycles. The van der Waals surface area contributed by atoms with Crippen molar-refractivity contribution in [1.82, 2.24) is 4.83 Å². The van der Waals surface area contributed by atoms with Crippen LogP contribution < -0.4 is 19.7 Å². The van der Waals surface area contributed by atoms with E-state index >= 15 is 0 Å². The van der Waals surface area contributed by atoms with E-state index in [4.69, 9.17) is 44.3 Å². The van der Waals surface area contributed by atoms with Crippen molar-refractivity contribution in [3.05, 3.63) is 43.8 Å². The molecule has 0 saturated heterocycles. The lowest BCUT2D eigenvalue weighted by Crippen LogP contribution is -2.30. The number of hydrogen-bond donors (Lipinski definition) is 2. The van der Waals surface area contributed by atoms with E-state index in [2.05, 4.69) is 26.2 Å². The molecule has 6 nitrogen and oxygen atoms in total. The van der Waals surface area contributed by atoms with Crippen LogP contribution in [0.1, 0.15) is 0 Å². The summed E-state index contributed by atoms with van der Waals surface area (Å²) in [4.78, 5) is 2.14. The van der Waals surface area contributed by atoms with E-state index < -0.39 is 10.0 Å². The number of anilines is 1. The summed E-state index contributed by atoms with van der Waals surface area (Å²) in [7, 11) is -1.13. The van der Waals surface area contributed by atoms with Crippen molar-refractivity contribution in [1.29, 1.82) is 0 Å². The standard InChI is InChI=1S/C14H12BrCl3N2O4S/c1-23-11-5-8(15)13(6-12(11)24-2)25(21,22)20-19-14-9(17)3-7(16)4-10(14)18/h3-6,19-20H,1-2H3. The smallest absolute Gasteiger partial charge is 0.258 e. The second-order valence-corrected chi connectivity index (χ2v) is 8.37. The van der Waals surface area contributed by atoms with E-state index in [1.165, 1.54) is 38.5 Å². The lowest BCUT2D eigenvalue weighted by atomic mass is 10.3. The molecule has 2 N–H and O–H groups in total. The van der Waals surface area contributed by atoms with Gasteiger partial charge in [-0.05, 0) is 34.1 Å². The van der Waals surface area contributed by atoms with Crippen LogP contribution in [-0.2, 0) is 10.0 Å². The molecule has 0 saturated carbocycles. The summed E-state index contributed by atoms with van der Waals surface area (Å²) in [5.74, 6) is 0.638. The van der Waals surface area contributed by atoms with Crippen LogP contribution in [0.3, 0.4) is 0 Å². The Morgan fingerprint density at radius 2 is 1.48 bits per heavy atom. The van der Waals surface area contributed by atoms with Gasteiger partial charge in [-0.3, -0.25) is 0 Å². The molecule has 0 aliphatic heterocycles. The predicted octanol–water partition coefficient (Wildman–Crippen LogP) is 4.73. The fraction of sp³-hybridized carbons (Fsp3) is 0.143. The van der Waals surface area contributed by atoms with Gasteiger partial charge < -0.3 is 14.9 Å². The summed E-state index contributed by atoms with van der Waals surface area (Å²) in [6, 6.07) is 5.66. The maximum absolute atomic E-state index is 12.6. The Balaban J connectivity index is 2.35. The van der Waals surface area contributed by atoms with Gasteiger partial charge in [-0.1, -0.05) is 34.8 Å². The average molecular weight is 491 g/mol. The van der Waals surface area contributed by atoms with Gasteiger partial charge >= 0.3 is 0 Å². The van der Waals surface area contributed by atoms with Gasteiger partial charge in [0.2, 0.25) is 0 Å². The Labute approximate surface area is 168 Å². The minimum absolute atomic E-state index is 0.0705. The lowest BCUT2D eigenvalue weighted by molar-refractivity contribution is 0.353. The molecule has 11 heteroatoms. The van der Waals surface area contributed by atoms with Crippen LogP contribution in [0.15, 0.2) is 33.6 Å². The summed E-state index contributed by atoms with van der Waals surface area (Å²) in [5.41, 5.74) is 2.66. The Morgan fingerprint density at radius 1 is 0.960 bits per heavy atom. The number of ether oxygens (including phenoxy) is 2. The molecule has 0 fully saturated rings. The van der Waals surface area contributed by atoms with Gasteiger partial charge in [0, 0.05) is 15.6 Å². The van der Waals surface area contributed by atoms with Crippen molar-refractivity contribution in [3.63, 3.8) is 0 Å². The van der Waals surface area contributed by atoms with Gasteiger partial charge in [0.25, 0.3) is 10.0 Å². The van der Waals surface area contributed by atoms with Crippen LogP contribution in [0.25, 0.3) is 0 Å². The van der Waals surface area contributed by atoms with Crippen molar-refractivity contribution in [2.45, 2.75) is 4.90 Å². The topological polar surface area (TPSA) is 76.7 Å². The Hall–Kier alpha value is -0.900. The molecule has 136 valence electrons. The normalized spacial score (nSPS) is 11.3. The zero-order valence-electron chi connectivity index (χ0n) is 12.9. The van der Waals surface area contributed by atoms with Crippen LogP contribution in [-0.4, -0.2) is 22.6 Å². The molecule has 0 bridgehead atoms. The van der Waals surface area contributed by atoms with Crippen LogP contribution >= 0.6 is 50.7 Å². The fourth-order valence-electron chi connectivity index (χ4n) is 1.88. The molecule has 0 radical (unpaired) electrons. The van der Waals surface area contributed by atoms with E-state index in [9.17, 15) is 8.42 Å². The Bertz CT molecular complexity index is 886. The largest absolute Gasteiger partial charge is 0.493 e. The van der Waals surface area contributed by atoms with Crippen molar-refractivity contribution < 1.29 is 17.9 Å². The SMILES string of the molecule is COc1cc(Br)c(S(=O)(=O)NNc2c(Cl)cc(Cl)cc2Cl)cc1OC. The summed E-state index contributed by atoms with van der Waals surface area (Å²) >= 11 is 21.1. The molecular weight excluding hydrogens is 478 g/mol. The van der Waals surface area contributed by atoms with Crippen molar-refractivity contribution in [2.75, 3.05) is 19.6 Å². The quantitative estimate of drug-likeness (QED) is 0.573. The third-order valence-electron chi connectivity index (χ3n) is 3.04. The molecule has 0 atom stereocenters. The number of sulfonamides is 1. The van der Waals surface area contributed by atoms with E-state index in [0.29, 0.717) is 10.8 Å². The summed E-state index contributed by atoms with van der Waals surface area (Å²) in [6.45, 7) is 0. The molecule has 2 rings (SSSR count). The molecule has 0 aliphatic rings. The van der Waals surface area contributed by atoms with Crippen molar-refractivity contribution in [3.8, 4) is 11.5 Å². The van der Waals surface area contributed by atoms with E-state index in [0.717, 1.165) is 0 Å². The van der Waals surface area contributed by atoms with E-state index in [1.54, 1.807) is 0 Å². The highest BCUT2D eigenvalue weighted by molar-refractivity contribution is 9.10. The summed E-state index contributed by atoms with van der Waals surface area (Å²) in [6.07, 6.45) is 0. The minimum atomic E-state index is -3.98. The molecule has 0 aliphatic carbocycles. The lowest BCUT2D eigenvalue weighted by Gasteiger charge is -2.15. The van der Waals surface area contributed by atoms with Gasteiger partial charge in [0.05, 0.1) is 30.0 Å². The highest BCUT2D eigenvalue weighted by atomic mass is 79.9. The number of halogens is 4. The molecule has 0 heterocycles. The number of benzene rings is 2. The Kier molecular flexibility index (Phi) is 6.69.